The van der Waals surface area contributed by atoms with Crippen molar-refractivity contribution < 1.29 is 4.74 Å². The summed E-state index contributed by atoms with van der Waals surface area (Å²) in [7, 11) is 0. The van der Waals surface area contributed by atoms with Crippen LogP contribution >= 0.6 is 0 Å². The van der Waals surface area contributed by atoms with E-state index >= 15 is 0 Å². The highest BCUT2D eigenvalue weighted by molar-refractivity contribution is 4.80. The van der Waals surface area contributed by atoms with E-state index in [2.05, 4.69) is 12.2 Å². The van der Waals surface area contributed by atoms with E-state index < -0.39 is 0 Å². The minimum absolute atomic E-state index is 1.16. The summed E-state index contributed by atoms with van der Waals surface area (Å²) < 4.78 is 5.10. The highest BCUT2D eigenvalue weighted by Gasteiger charge is 1.88. The van der Waals surface area contributed by atoms with Crippen LogP contribution in [0, 0.1) is 0 Å². The van der Waals surface area contributed by atoms with Crippen LogP contribution in [0.1, 0.15) is 38.5 Å². The first-order valence-corrected chi connectivity index (χ1v) is 4.45. The van der Waals surface area contributed by atoms with Gasteiger partial charge in [0, 0.05) is 0 Å². The molecule has 1 heterocycles. The Hall–Kier alpha value is -0.720. The number of hydrogen-bond acceptors (Lipinski definition) is 1. The van der Waals surface area contributed by atoms with Crippen molar-refractivity contribution in [2.75, 3.05) is 0 Å². The van der Waals surface area contributed by atoms with Crippen LogP contribution < -0.4 is 0 Å². The Balaban J connectivity index is 2.22. The molecule has 0 aromatic heterocycles. The van der Waals surface area contributed by atoms with Crippen molar-refractivity contribution in [3.63, 3.8) is 0 Å². The molecule has 1 rings (SSSR count). The summed E-state index contributed by atoms with van der Waals surface area (Å²) in [6, 6.07) is 0. The molecule has 11 heavy (non-hydrogen) atoms. The van der Waals surface area contributed by atoms with Crippen molar-refractivity contribution in [2.24, 2.45) is 0 Å². The van der Waals surface area contributed by atoms with E-state index in [0.29, 0.717) is 0 Å². The fraction of sp³-hybridized carbons (Fsp3) is 0.600. The Morgan fingerprint density at radius 3 is 1.82 bits per heavy atom. The molecule has 1 aliphatic heterocycles. The third-order valence-corrected chi connectivity index (χ3v) is 1.84. The molecule has 1 heteroatoms. The third kappa shape index (κ3) is 4.65. The summed E-state index contributed by atoms with van der Waals surface area (Å²) in [6.07, 6.45) is 15.4. The van der Waals surface area contributed by atoms with Crippen molar-refractivity contribution in [2.45, 2.75) is 38.5 Å². The predicted molar refractivity (Wildman–Crippen MR) is 47.1 cm³/mol. The third-order valence-electron chi connectivity index (χ3n) is 1.84. The molecule has 1 nitrogen and oxygen atoms in total. The number of hydrogen-bond donors (Lipinski definition) is 0. The number of ether oxygens (including phenoxy) is 1. The van der Waals surface area contributed by atoms with Crippen molar-refractivity contribution in [3.05, 3.63) is 24.7 Å². The molecule has 0 aliphatic carbocycles. The molecule has 0 saturated heterocycles. The van der Waals surface area contributed by atoms with Crippen LogP contribution in [0.25, 0.3) is 0 Å². The van der Waals surface area contributed by atoms with Gasteiger partial charge in [-0.2, -0.15) is 0 Å². The zero-order valence-electron chi connectivity index (χ0n) is 6.96. The first kappa shape index (κ1) is 8.38. The lowest BCUT2D eigenvalue weighted by Gasteiger charge is -1.94. The molecule has 0 amide bonds. The monoisotopic (exact) mass is 152 g/mol. The van der Waals surface area contributed by atoms with Crippen LogP contribution in [0.4, 0.5) is 0 Å². The fourth-order valence-electron chi connectivity index (χ4n) is 1.17. The maximum absolute atomic E-state index is 5.10. The first-order valence-electron chi connectivity index (χ1n) is 4.45. The molecule has 0 atom stereocenters. The first-order chi connectivity index (χ1) is 5.50. The van der Waals surface area contributed by atoms with Gasteiger partial charge in [-0.15, -0.1) is 0 Å². The molecule has 0 radical (unpaired) electrons. The SMILES string of the molecule is C1=C\O/C=C\CCCCCC/1. The minimum atomic E-state index is 1.16. The lowest BCUT2D eigenvalue weighted by atomic mass is 10.1. The van der Waals surface area contributed by atoms with Crippen LogP contribution in [0.3, 0.4) is 0 Å². The standard InChI is InChI=1S/C10H16O/c1-2-4-6-8-10-11-9-7-5-3-1/h7-10H,1-6H2/b9-7-,10-8-. The summed E-state index contributed by atoms with van der Waals surface area (Å²) in [4.78, 5) is 0. The summed E-state index contributed by atoms with van der Waals surface area (Å²) in [5.41, 5.74) is 0. The summed E-state index contributed by atoms with van der Waals surface area (Å²) in [5, 5.41) is 0. The van der Waals surface area contributed by atoms with Crippen molar-refractivity contribution in [3.8, 4) is 0 Å². The molecule has 0 aromatic rings. The summed E-state index contributed by atoms with van der Waals surface area (Å²) in [5.74, 6) is 0. The van der Waals surface area contributed by atoms with Crippen molar-refractivity contribution in [1.29, 1.82) is 0 Å². The quantitative estimate of drug-likeness (QED) is 0.517. The van der Waals surface area contributed by atoms with E-state index in [-0.39, 0.29) is 0 Å². The van der Waals surface area contributed by atoms with Gasteiger partial charge in [0.25, 0.3) is 0 Å². The van der Waals surface area contributed by atoms with Crippen LogP contribution in [0.15, 0.2) is 24.7 Å². The summed E-state index contributed by atoms with van der Waals surface area (Å²) in [6.45, 7) is 0. The van der Waals surface area contributed by atoms with Gasteiger partial charge in [-0.1, -0.05) is 12.8 Å². The molecule has 62 valence electrons. The van der Waals surface area contributed by atoms with Crippen LogP contribution in [0.2, 0.25) is 0 Å². The molecular weight excluding hydrogens is 136 g/mol. The van der Waals surface area contributed by atoms with Gasteiger partial charge in [0.05, 0.1) is 12.5 Å². The van der Waals surface area contributed by atoms with Crippen LogP contribution in [0.5, 0.6) is 0 Å². The van der Waals surface area contributed by atoms with Gasteiger partial charge < -0.3 is 4.74 Å². The largest absolute Gasteiger partial charge is 0.473 e. The maximum atomic E-state index is 5.10. The van der Waals surface area contributed by atoms with Gasteiger partial charge >= 0.3 is 0 Å². The normalized spacial score (nSPS) is 26.2. The van der Waals surface area contributed by atoms with Crippen molar-refractivity contribution >= 4 is 0 Å². The van der Waals surface area contributed by atoms with Gasteiger partial charge in [0.2, 0.25) is 0 Å². The lowest BCUT2D eigenvalue weighted by molar-refractivity contribution is 0.399. The fourth-order valence-corrected chi connectivity index (χ4v) is 1.17. The molecule has 0 fully saturated rings. The van der Waals surface area contributed by atoms with E-state index in [4.69, 9.17) is 4.74 Å². The van der Waals surface area contributed by atoms with E-state index in [1.807, 2.05) is 0 Å². The van der Waals surface area contributed by atoms with Gasteiger partial charge in [0.15, 0.2) is 0 Å². The molecule has 1 aliphatic rings. The lowest BCUT2D eigenvalue weighted by Crippen LogP contribution is -1.75. The molecule has 0 aromatic carbocycles. The Labute approximate surface area is 68.8 Å². The smallest absolute Gasteiger partial charge is 0.0861 e. The van der Waals surface area contributed by atoms with Crippen LogP contribution in [-0.2, 0) is 4.74 Å². The van der Waals surface area contributed by atoms with E-state index in [1.165, 1.54) is 25.7 Å². The van der Waals surface area contributed by atoms with Gasteiger partial charge in [0.1, 0.15) is 0 Å². The van der Waals surface area contributed by atoms with Gasteiger partial charge in [-0.3, -0.25) is 0 Å². The van der Waals surface area contributed by atoms with Crippen LogP contribution in [-0.4, -0.2) is 0 Å². The Morgan fingerprint density at radius 2 is 1.27 bits per heavy atom. The average Bonchev–Trinajstić information content (AvgIpc) is 2.08. The van der Waals surface area contributed by atoms with Crippen molar-refractivity contribution in [1.82, 2.24) is 0 Å². The molecule has 0 spiro atoms. The molecule has 0 saturated carbocycles. The zero-order chi connectivity index (χ0) is 7.78. The van der Waals surface area contributed by atoms with E-state index in [9.17, 15) is 0 Å². The molecule has 0 N–H and O–H groups in total. The number of allylic oxidation sites excluding steroid dienone is 2. The highest BCUT2D eigenvalue weighted by Crippen LogP contribution is 2.07. The molecule has 0 bridgehead atoms. The maximum Gasteiger partial charge on any atom is 0.0861 e. The topological polar surface area (TPSA) is 9.23 Å². The highest BCUT2D eigenvalue weighted by atomic mass is 16.5. The average molecular weight is 152 g/mol. The minimum Gasteiger partial charge on any atom is -0.473 e. The second kappa shape index (κ2) is 6.02. The number of rotatable bonds is 0. The molecule has 0 unspecified atom stereocenters. The zero-order valence-corrected chi connectivity index (χ0v) is 6.96. The molecular formula is C10H16O. The van der Waals surface area contributed by atoms with Gasteiger partial charge in [-0.05, 0) is 37.8 Å². The second-order valence-electron chi connectivity index (χ2n) is 2.87. The Kier molecular flexibility index (Phi) is 4.58. The predicted octanol–water partition coefficient (Wildman–Crippen LogP) is 3.38. The van der Waals surface area contributed by atoms with E-state index in [0.717, 1.165) is 12.8 Å². The second-order valence-corrected chi connectivity index (χ2v) is 2.87. The Morgan fingerprint density at radius 1 is 0.727 bits per heavy atom. The Bertz CT molecular complexity index is 120. The summed E-state index contributed by atoms with van der Waals surface area (Å²) >= 11 is 0. The van der Waals surface area contributed by atoms with Gasteiger partial charge in [-0.25, -0.2) is 0 Å². The van der Waals surface area contributed by atoms with E-state index in [1.54, 1.807) is 12.5 Å².